The molecule has 0 radical (unpaired) electrons. The van der Waals surface area contributed by atoms with Crippen LogP contribution in [0.3, 0.4) is 0 Å². The highest BCUT2D eigenvalue weighted by atomic mass is 16.6. The Morgan fingerprint density at radius 1 is 1.12 bits per heavy atom. The lowest BCUT2D eigenvalue weighted by Gasteiger charge is -2.25. The van der Waals surface area contributed by atoms with Crippen LogP contribution in [0.15, 0.2) is 60.7 Å². The number of carbonyl (C=O) groups excluding carboxylic acids is 1. The van der Waals surface area contributed by atoms with Gasteiger partial charge in [-0.2, -0.15) is 0 Å². The third-order valence-corrected chi connectivity index (χ3v) is 4.03. The molecule has 0 spiro atoms. The van der Waals surface area contributed by atoms with Crippen LogP contribution in [0.4, 0.5) is 10.5 Å². The van der Waals surface area contributed by atoms with Gasteiger partial charge in [0.15, 0.2) is 0 Å². The van der Waals surface area contributed by atoms with Crippen molar-refractivity contribution in [2.24, 2.45) is 0 Å². The van der Waals surface area contributed by atoms with Crippen molar-refractivity contribution in [1.82, 2.24) is 0 Å². The molecule has 4 heteroatoms. The molecule has 0 aromatic heterocycles. The summed E-state index contributed by atoms with van der Waals surface area (Å²) >= 11 is 0. The Hall–Kier alpha value is -2.75. The van der Waals surface area contributed by atoms with Gasteiger partial charge in [-0.05, 0) is 42.2 Å². The van der Waals surface area contributed by atoms with E-state index in [1.807, 2.05) is 48.5 Å². The molecule has 124 valence electrons. The number of benzene rings is 2. The van der Waals surface area contributed by atoms with E-state index in [-0.39, 0.29) is 12.7 Å². The minimum atomic E-state index is -0.319. The van der Waals surface area contributed by atoms with Crippen LogP contribution in [0.2, 0.25) is 0 Å². The second-order valence-electron chi connectivity index (χ2n) is 5.65. The molecule has 1 aliphatic heterocycles. The van der Waals surface area contributed by atoms with E-state index in [1.165, 1.54) is 0 Å². The van der Waals surface area contributed by atoms with Crippen molar-refractivity contribution >= 4 is 11.8 Å². The highest BCUT2D eigenvalue weighted by Crippen LogP contribution is 2.28. The third kappa shape index (κ3) is 3.77. The van der Waals surface area contributed by atoms with Crippen LogP contribution >= 0.6 is 0 Å². The van der Waals surface area contributed by atoms with Crippen LogP contribution in [0.1, 0.15) is 17.5 Å². The molecule has 1 aliphatic rings. The molecular weight excluding hydrogens is 302 g/mol. The Kier molecular flexibility index (Phi) is 5.16. The standard InChI is InChI=1S/C20H21NO3/c1-23-18-11-12-19-17(14-18)10-6-3-7-13-21(19)20(22)24-15-16-8-4-2-5-9-16/h2-6,8-9,11-12,14H,7,10,13,15H2,1H3/b6-3-. The molecule has 3 rings (SSSR count). The second kappa shape index (κ2) is 7.68. The topological polar surface area (TPSA) is 38.8 Å². The first-order valence-electron chi connectivity index (χ1n) is 8.08. The molecule has 0 aliphatic carbocycles. The van der Waals surface area contributed by atoms with Crippen molar-refractivity contribution in [3.63, 3.8) is 0 Å². The summed E-state index contributed by atoms with van der Waals surface area (Å²) in [5.74, 6) is 0.792. The van der Waals surface area contributed by atoms with Gasteiger partial charge in [0.25, 0.3) is 0 Å². The van der Waals surface area contributed by atoms with Gasteiger partial charge in [0.1, 0.15) is 12.4 Å². The zero-order valence-corrected chi connectivity index (χ0v) is 13.8. The van der Waals surface area contributed by atoms with Crippen molar-refractivity contribution < 1.29 is 14.3 Å². The lowest BCUT2D eigenvalue weighted by Crippen LogP contribution is -2.33. The fourth-order valence-corrected chi connectivity index (χ4v) is 2.75. The molecule has 4 nitrogen and oxygen atoms in total. The van der Waals surface area contributed by atoms with Crippen LogP contribution in [0, 0.1) is 0 Å². The van der Waals surface area contributed by atoms with E-state index in [2.05, 4.69) is 12.2 Å². The molecular formula is C20H21NO3. The molecule has 1 amide bonds. The summed E-state index contributed by atoms with van der Waals surface area (Å²) in [7, 11) is 1.65. The number of nitrogens with zero attached hydrogens (tertiary/aromatic N) is 1. The number of hydrogen-bond donors (Lipinski definition) is 0. The molecule has 24 heavy (non-hydrogen) atoms. The smallest absolute Gasteiger partial charge is 0.414 e. The average molecular weight is 323 g/mol. The number of rotatable bonds is 3. The summed E-state index contributed by atoms with van der Waals surface area (Å²) < 4.78 is 10.8. The fourth-order valence-electron chi connectivity index (χ4n) is 2.75. The Morgan fingerprint density at radius 3 is 2.75 bits per heavy atom. The molecule has 2 aromatic rings. The first-order chi connectivity index (χ1) is 11.8. The van der Waals surface area contributed by atoms with Gasteiger partial charge in [-0.1, -0.05) is 42.5 Å². The predicted octanol–water partition coefficient (Wildman–Crippen LogP) is 4.34. The maximum Gasteiger partial charge on any atom is 0.414 e. The molecule has 0 fully saturated rings. The monoisotopic (exact) mass is 323 g/mol. The Balaban J connectivity index is 1.79. The van der Waals surface area contributed by atoms with Gasteiger partial charge in [-0.25, -0.2) is 4.79 Å². The largest absolute Gasteiger partial charge is 0.497 e. The van der Waals surface area contributed by atoms with E-state index in [9.17, 15) is 4.79 Å². The number of ether oxygens (including phenoxy) is 2. The minimum Gasteiger partial charge on any atom is -0.497 e. The number of fused-ring (bicyclic) bond motifs is 1. The van der Waals surface area contributed by atoms with Crippen molar-refractivity contribution in [1.29, 1.82) is 0 Å². The summed E-state index contributed by atoms with van der Waals surface area (Å²) in [4.78, 5) is 14.3. The third-order valence-electron chi connectivity index (χ3n) is 4.03. The van der Waals surface area contributed by atoms with Gasteiger partial charge in [0.05, 0.1) is 12.8 Å². The summed E-state index contributed by atoms with van der Waals surface area (Å²) in [5, 5.41) is 0. The molecule has 0 bridgehead atoms. The molecule has 0 N–H and O–H groups in total. The van der Waals surface area contributed by atoms with Crippen molar-refractivity contribution in [3.8, 4) is 5.75 Å². The SMILES string of the molecule is COc1ccc2c(c1)C/C=C\CCN2C(=O)OCc1ccccc1. The van der Waals surface area contributed by atoms with E-state index in [4.69, 9.17) is 9.47 Å². The van der Waals surface area contributed by atoms with Gasteiger partial charge >= 0.3 is 6.09 Å². The number of anilines is 1. The number of carbonyl (C=O) groups is 1. The van der Waals surface area contributed by atoms with Crippen LogP contribution in [-0.4, -0.2) is 19.7 Å². The number of methoxy groups -OCH3 is 1. The maximum absolute atomic E-state index is 12.6. The maximum atomic E-state index is 12.6. The van der Waals surface area contributed by atoms with Gasteiger partial charge in [0.2, 0.25) is 0 Å². The Labute approximate surface area is 142 Å². The van der Waals surface area contributed by atoms with Gasteiger partial charge in [0, 0.05) is 6.54 Å². The first-order valence-corrected chi connectivity index (χ1v) is 8.08. The van der Waals surface area contributed by atoms with Gasteiger partial charge in [-0.15, -0.1) is 0 Å². The molecule has 0 saturated carbocycles. The molecule has 1 heterocycles. The van der Waals surface area contributed by atoms with Crippen molar-refractivity contribution in [3.05, 3.63) is 71.8 Å². The summed E-state index contributed by atoms with van der Waals surface area (Å²) in [6.07, 6.45) is 5.49. The highest BCUT2D eigenvalue weighted by Gasteiger charge is 2.21. The normalized spacial score (nSPS) is 15.0. The molecule has 2 aromatic carbocycles. The van der Waals surface area contributed by atoms with E-state index >= 15 is 0 Å². The number of amides is 1. The molecule has 0 saturated heterocycles. The van der Waals surface area contributed by atoms with Crippen LogP contribution in [0.5, 0.6) is 5.75 Å². The predicted molar refractivity (Wildman–Crippen MR) is 94.4 cm³/mol. The van der Waals surface area contributed by atoms with Crippen LogP contribution in [0.25, 0.3) is 0 Å². The number of hydrogen-bond acceptors (Lipinski definition) is 3. The first kappa shape index (κ1) is 16.1. The Morgan fingerprint density at radius 2 is 1.96 bits per heavy atom. The molecule has 0 unspecified atom stereocenters. The lowest BCUT2D eigenvalue weighted by atomic mass is 10.1. The molecule has 0 atom stereocenters. The number of allylic oxidation sites excluding steroid dienone is 1. The van der Waals surface area contributed by atoms with E-state index in [0.29, 0.717) is 6.54 Å². The van der Waals surface area contributed by atoms with Gasteiger partial charge < -0.3 is 9.47 Å². The van der Waals surface area contributed by atoms with Crippen molar-refractivity contribution in [2.75, 3.05) is 18.6 Å². The summed E-state index contributed by atoms with van der Waals surface area (Å²) in [5.41, 5.74) is 2.92. The zero-order valence-electron chi connectivity index (χ0n) is 13.8. The summed E-state index contributed by atoms with van der Waals surface area (Å²) in [6, 6.07) is 15.5. The highest BCUT2D eigenvalue weighted by molar-refractivity contribution is 5.89. The minimum absolute atomic E-state index is 0.275. The van der Waals surface area contributed by atoms with Crippen molar-refractivity contribution in [2.45, 2.75) is 19.4 Å². The summed E-state index contributed by atoms with van der Waals surface area (Å²) in [6.45, 7) is 0.876. The Bertz CT molecular complexity index is 725. The quantitative estimate of drug-likeness (QED) is 0.789. The van der Waals surface area contributed by atoms with E-state index < -0.39 is 0 Å². The lowest BCUT2D eigenvalue weighted by molar-refractivity contribution is 0.147. The average Bonchev–Trinajstić information content (AvgIpc) is 2.61. The van der Waals surface area contributed by atoms with Gasteiger partial charge in [-0.3, -0.25) is 4.90 Å². The van der Waals surface area contributed by atoms with E-state index in [0.717, 1.165) is 35.4 Å². The zero-order chi connectivity index (χ0) is 16.8. The van der Waals surface area contributed by atoms with Crippen LogP contribution in [-0.2, 0) is 17.8 Å². The van der Waals surface area contributed by atoms with E-state index in [1.54, 1.807) is 12.0 Å². The second-order valence-corrected chi connectivity index (χ2v) is 5.65. The van der Waals surface area contributed by atoms with Crippen LogP contribution < -0.4 is 9.64 Å². The fraction of sp³-hybridized carbons (Fsp3) is 0.250.